The van der Waals surface area contributed by atoms with Gasteiger partial charge in [-0.2, -0.15) is 0 Å². The van der Waals surface area contributed by atoms with Crippen molar-refractivity contribution < 1.29 is 14.0 Å². The van der Waals surface area contributed by atoms with Gasteiger partial charge in [-0.3, -0.25) is 9.59 Å². The molecule has 0 aromatic heterocycles. The minimum absolute atomic E-state index is 0.0282. The minimum atomic E-state index is -0.853. The summed E-state index contributed by atoms with van der Waals surface area (Å²) in [5, 5.41) is 3.26. The first-order chi connectivity index (χ1) is 18.5. The Labute approximate surface area is 224 Å². The summed E-state index contributed by atoms with van der Waals surface area (Å²) >= 11 is 0. The summed E-state index contributed by atoms with van der Waals surface area (Å²) in [6, 6.07) is 26.8. The first-order valence-electron chi connectivity index (χ1n) is 13.7. The number of benzene rings is 3. The van der Waals surface area contributed by atoms with Gasteiger partial charge in [-0.15, -0.1) is 0 Å². The molecule has 38 heavy (non-hydrogen) atoms. The lowest BCUT2D eigenvalue weighted by atomic mass is 9.79. The van der Waals surface area contributed by atoms with Gasteiger partial charge < -0.3 is 15.1 Å². The summed E-state index contributed by atoms with van der Waals surface area (Å²) in [6.45, 7) is 2.40. The number of carbonyl (C=O) groups is 2. The third kappa shape index (κ3) is 5.90. The van der Waals surface area contributed by atoms with Crippen LogP contribution < -0.4 is 10.2 Å². The van der Waals surface area contributed by atoms with E-state index in [-0.39, 0.29) is 30.0 Å². The highest BCUT2D eigenvalue weighted by atomic mass is 19.1. The molecule has 1 saturated heterocycles. The fourth-order valence-corrected chi connectivity index (χ4v) is 5.99. The number of hydrogen-bond donors (Lipinski definition) is 1. The Balaban J connectivity index is 1.29. The van der Waals surface area contributed by atoms with Gasteiger partial charge in [0.25, 0.3) is 0 Å². The van der Waals surface area contributed by atoms with Crippen LogP contribution in [0.4, 0.5) is 10.1 Å². The van der Waals surface area contributed by atoms with Crippen molar-refractivity contribution in [2.24, 2.45) is 0 Å². The topological polar surface area (TPSA) is 52.7 Å². The lowest BCUT2D eigenvalue weighted by Crippen LogP contribution is -2.63. The second kappa shape index (κ2) is 11.8. The van der Waals surface area contributed by atoms with E-state index in [1.54, 1.807) is 6.07 Å². The number of nitrogens with zero attached hydrogens (tertiary/aromatic N) is 2. The average molecular weight is 514 g/mol. The van der Waals surface area contributed by atoms with Crippen LogP contribution in [-0.4, -0.2) is 48.4 Å². The first kappa shape index (κ1) is 26.0. The molecule has 2 amide bonds. The van der Waals surface area contributed by atoms with Crippen LogP contribution in [0.1, 0.15) is 55.6 Å². The number of nitrogens with one attached hydrogen (secondary N) is 1. The molecule has 0 unspecified atom stereocenters. The molecule has 2 fully saturated rings. The molecule has 0 atom stereocenters. The number of rotatable bonds is 7. The van der Waals surface area contributed by atoms with Gasteiger partial charge in [0.15, 0.2) is 0 Å². The predicted octanol–water partition coefficient (Wildman–Crippen LogP) is 5.52. The third-order valence-electron chi connectivity index (χ3n) is 8.03. The molecule has 1 N–H and O–H groups in total. The van der Waals surface area contributed by atoms with Gasteiger partial charge >= 0.3 is 0 Å². The van der Waals surface area contributed by atoms with Crippen LogP contribution in [-0.2, 0) is 9.59 Å². The highest BCUT2D eigenvalue weighted by Gasteiger charge is 2.44. The van der Waals surface area contributed by atoms with Crippen molar-refractivity contribution in [3.63, 3.8) is 0 Å². The van der Waals surface area contributed by atoms with E-state index in [2.05, 4.69) is 34.5 Å². The average Bonchev–Trinajstić information content (AvgIpc) is 2.97. The third-order valence-corrected chi connectivity index (χ3v) is 8.03. The molecule has 0 spiro atoms. The van der Waals surface area contributed by atoms with Crippen LogP contribution in [0, 0.1) is 5.82 Å². The zero-order valence-corrected chi connectivity index (χ0v) is 21.8. The fourth-order valence-electron chi connectivity index (χ4n) is 5.99. The van der Waals surface area contributed by atoms with Crippen LogP contribution in [0.3, 0.4) is 0 Å². The molecule has 1 saturated carbocycles. The second-order valence-corrected chi connectivity index (χ2v) is 10.5. The Morgan fingerprint density at radius 3 is 1.97 bits per heavy atom. The zero-order chi connectivity index (χ0) is 26.4. The molecule has 2 aliphatic rings. The molecule has 5 rings (SSSR count). The van der Waals surface area contributed by atoms with Crippen LogP contribution in [0.25, 0.3) is 0 Å². The van der Waals surface area contributed by atoms with Crippen LogP contribution >= 0.6 is 0 Å². The number of piperazine rings is 1. The molecule has 6 heteroatoms. The van der Waals surface area contributed by atoms with Crippen LogP contribution in [0.2, 0.25) is 0 Å². The van der Waals surface area contributed by atoms with Gasteiger partial charge in [-0.25, -0.2) is 4.39 Å². The van der Waals surface area contributed by atoms with E-state index in [0.29, 0.717) is 39.0 Å². The van der Waals surface area contributed by atoms with E-state index < -0.39 is 5.54 Å². The van der Waals surface area contributed by atoms with Gasteiger partial charge in [0.2, 0.25) is 11.8 Å². The minimum Gasteiger partial charge on any atom is -0.368 e. The summed E-state index contributed by atoms with van der Waals surface area (Å²) in [5.41, 5.74) is 2.16. The molecule has 1 aliphatic carbocycles. The second-order valence-electron chi connectivity index (χ2n) is 10.5. The summed E-state index contributed by atoms with van der Waals surface area (Å²) in [6.07, 6.45) is 4.56. The van der Waals surface area contributed by atoms with Crippen LogP contribution in [0.5, 0.6) is 0 Å². The van der Waals surface area contributed by atoms with Gasteiger partial charge in [-0.1, -0.05) is 86.0 Å². The molecule has 198 valence electrons. The van der Waals surface area contributed by atoms with Crippen molar-refractivity contribution in [2.75, 3.05) is 31.1 Å². The Kier molecular flexibility index (Phi) is 8.06. The highest BCUT2D eigenvalue weighted by Crippen LogP contribution is 2.33. The molecular weight excluding hydrogens is 477 g/mol. The van der Waals surface area contributed by atoms with Crippen molar-refractivity contribution in [3.05, 3.63) is 102 Å². The molecule has 1 heterocycles. The number of carbonyl (C=O) groups excluding carboxylic acids is 2. The highest BCUT2D eigenvalue weighted by molar-refractivity contribution is 5.92. The number of amides is 2. The Hall–Kier alpha value is -3.67. The SMILES string of the molecule is O=C(CC(c1ccccc1)c1ccccc1)NC1(C(=O)N2CCN(c3cccc(F)c3)CC2)CCCCC1. The van der Waals surface area contributed by atoms with E-state index in [1.807, 2.05) is 47.4 Å². The number of hydrogen-bond acceptors (Lipinski definition) is 3. The van der Waals surface area contributed by atoms with Crippen molar-refractivity contribution in [1.82, 2.24) is 10.2 Å². The van der Waals surface area contributed by atoms with Gasteiger partial charge in [-0.05, 0) is 42.2 Å². The maximum atomic E-state index is 14.0. The van der Waals surface area contributed by atoms with Crippen molar-refractivity contribution in [3.8, 4) is 0 Å². The van der Waals surface area contributed by atoms with E-state index in [4.69, 9.17) is 0 Å². The Morgan fingerprint density at radius 2 is 1.39 bits per heavy atom. The first-order valence-corrected chi connectivity index (χ1v) is 13.7. The lowest BCUT2D eigenvalue weighted by Gasteiger charge is -2.43. The van der Waals surface area contributed by atoms with E-state index >= 15 is 0 Å². The molecule has 1 aliphatic heterocycles. The van der Waals surface area contributed by atoms with Gasteiger partial charge in [0.1, 0.15) is 11.4 Å². The summed E-state index contributed by atoms with van der Waals surface area (Å²) in [4.78, 5) is 31.6. The Morgan fingerprint density at radius 1 is 0.789 bits per heavy atom. The zero-order valence-electron chi connectivity index (χ0n) is 21.8. The smallest absolute Gasteiger partial charge is 0.248 e. The maximum absolute atomic E-state index is 14.0. The van der Waals surface area contributed by atoms with Crippen molar-refractivity contribution >= 4 is 17.5 Å². The lowest BCUT2D eigenvalue weighted by molar-refractivity contribution is -0.143. The predicted molar refractivity (Wildman–Crippen MR) is 148 cm³/mol. The summed E-state index contributed by atoms with van der Waals surface area (Å²) < 4.78 is 13.7. The Bertz CT molecular complexity index is 1180. The molecular formula is C32H36FN3O2. The summed E-state index contributed by atoms with van der Waals surface area (Å²) in [5.74, 6) is -0.395. The molecule has 0 bridgehead atoms. The number of halogens is 1. The monoisotopic (exact) mass is 513 g/mol. The van der Waals surface area contributed by atoms with E-state index in [9.17, 15) is 14.0 Å². The molecule has 0 radical (unpaired) electrons. The quantitative estimate of drug-likeness (QED) is 0.453. The fraction of sp³-hybridized carbons (Fsp3) is 0.375. The molecule has 5 nitrogen and oxygen atoms in total. The van der Waals surface area contributed by atoms with E-state index in [0.717, 1.165) is 36.1 Å². The van der Waals surface area contributed by atoms with Gasteiger partial charge in [0.05, 0.1) is 0 Å². The normalized spacial score (nSPS) is 17.3. The standard InChI is InChI=1S/C32H36FN3O2/c33-27-15-10-16-28(23-27)35-19-21-36(22-20-35)31(38)32(17-8-3-9-18-32)34-30(37)24-29(25-11-4-1-5-12-25)26-13-6-2-7-14-26/h1-2,4-7,10-16,23,29H,3,8-9,17-22,24H2,(H,34,37). The molecule has 3 aromatic carbocycles. The largest absolute Gasteiger partial charge is 0.368 e. The molecule has 3 aromatic rings. The van der Waals surface area contributed by atoms with E-state index in [1.165, 1.54) is 12.1 Å². The summed E-state index contributed by atoms with van der Waals surface area (Å²) in [7, 11) is 0. The maximum Gasteiger partial charge on any atom is 0.248 e. The number of anilines is 1. The van der Waals surface area contributed by atoms with Crippen molar-refractivity contribution in [2.45, 2.75) is 50.0 Å². The van der Waals surface area contributed by atoms with Crippen LogP contribution in [0.15, 0.2) is 84.9 Å². The van der Waals surface area contributed by atoms with Crippen molar-refractivity contribution in [1.29, 1.82) is 0 Å². The van der Waals surface area contributed by atoms with Gasteiger partial charge in [0, 0.05) is 44.2 Å².